The van der Waals surface area contributed by atoms with Crippen molar-refractivity contribution in [2.45, 2.75) is 45.3 Å². The maximum Gasteiger partial charge on any atom is 0.207 e. The van der Waals surface area contributed by atoms with Crippen LogP contribution in [0.3, 0.4) is 0 Å². The van der Waals surface area contributed by atoms with E-state index in [1.807, 2.05) is 13.8 Å². The van der Waals surface area contributed by atoms with Crippen molar-refractivity contribution in [1.82, 2.24) is 5.32 Å². The van der Waals surface area contributed by atoms with Gasteiger partial charge in [0.15, 0.2) is 0 Å². The van der Waals surface area contributed by atoms with Crippen LogP contribution in [-0.2, 0) is 9.53 Å². The van der Waals surface area contributed by atoms with E-state index in [4.69, 9.17) is 4.74 Å². The summed E-state index contributed by atoms with van der Waals surface area (Å²) in [7, 11) is 0. The summed E-state index contributed by atoms with van der Waals surface area (Å²) in [6.45, 7) is 8.24. The second kappa shape index (κ2) is 5.32. The molecular weight excluding hydrogens is 182 g/mol. The average molecular weight is 203 g/mol. The van der Waals surface area contributed by atoms with E-state index in [1.165, 1.54) is 0 Å². The Morgan fingerprint density at radius 3 is 2.36 bits per heavy atom. The highest BCUT2D eigenvalue weighted by Crippen LogP contribution is 2.12. The van der Waals surface area contributed by atoms with E-state index in [2.05, 4.69) is 5.32 Å². The van der Waals surface area contributed by atoms with E-state index in [1.54, 1.807) is 13.8 Å². The van der Waals surface area contributed by atoms with Gasteiger partial charge >= 0.3 is 0 Å². The molecule has 0 heterocycles. The van der Waals surface area contributed by atoms with Crippen LogP contribution in [0.1, 0.15) is 34.1 Å². The van der Waals surface area contributed by atoms with Crippen LogP contribution in [0.25, 0.3) is 0 Å². The summed E-state index contributed by atoms with van der Waals surface area (Å²) in [4.78, 5) is 10.1. The number of ether oxygens (including phenoxy) is 1. The molecule has 0 saturated carbocycles. The molecule has 1 amide bonds. The lowest BCUT2D eigenvalue weighted by Gasteiger charge is -2.26. The summed E-state index contributed by atoms with van der Waals surface area (Å²) in [5.41, 5.74) is -1.08. The molecule has 0 aliphatic carbocycles. The highest BCUT2D eigenvalue weighted by atomic mass is 16.5. The van der Waals surface area contributed by atoms with Crippen molar-refractivity contribution in [3.05, 3.63) is 0 Å². The van der Waals surface area contributed by atoms with Gasteiger partial charge in [-0.15, -0.1) is 0 Å². The molecule has 4 nitrogen and oxygen atoms in total. The Hall–Kier alpha value is -0.610. The largest absolute Gasteiger partial charge is 0.390 e. The highest BCUT2D eigenvalue weighted by Gasteiger charge is 2.19. The van der Waals surface area contributed by atoms with Gasteiger partial charge in [-0.2, -0.15) is 0 Å². The Morgan fingerprint density at radius 2 is 1.93 bits per heavy atom. The van der Waals surface area contributed by atoms with Crippen LogP contribution in [0, 0.1) is 0 Å². The topological polar surface area (TPSA) is 58.6 Å². The van der Waals surface area contributed by atoms with Crippen LogP contribution >= 0.6 is 0 Å². The Morgan fingerprint density at radius 1 is 1.36 bits per heavy atom. The fraction of sp³-hybridized carbons (Fsp3) is 0.900. The third kappa shape index (κ3) is 8.01. The smallest absolute Gasteiger partial charge is 0.207 e. The van der Waals surface area contributed by atoms with Gasteiger partial charge in [0.2, 0.25) is 6.41 Å². The molecule has 0 aromatic carbocycles. The van der Waals surface area contributed by atoms with Crippen LogP contribution in [0.4, 0.5) is 0 Å². The van der Waals surface area contributed by atoms with E-state index >= 15 is 0 Å². The van der Waals surface area contributed by atoms with Gasteiger partial charge in [-0.05, 0) is 34.1 Å². The zero-order valence-corrected chi connectivity index (χ0v) is 9.46. The normalized spacial score (nSPS) is 12.6. The Labute approximate surface area is 85.6 Å². The Bertz CT molecular complexity index is 173. The number of hydrogen-bond acceptors (Lipinski definition) is 3. The van der Waals surface area contributed by atoms with Gasteiger partial charge in [0.1, 0.15) is 0 Å². The first-order valence-electron chi connectivity index (χ1n) is 4.80. The van der Waals surface area contributed by atoms with Crippen LogP contribution < -0.4 is 5.32 Å². The molecule has 0 saturated heterocycles. The third-order valence-corrected chi connectivity index (χ3v) is 1.82. The SMILES string of the molecule is CC(C)(O)CCOC(C)(C)CNC=O. The predicted octanol–water partition coefficient (Wildman–Crippen LogP) is 0.689. The number of rotatable bonds is 7. The lowest BCUT2D eigenvalue weighted by molar-refractivity contribution is -0.111. The predicted molar refractivity (Wildman–Crippen MR) is 55.0 cm³/mol. The minimum absolute atomic E-state index is 0.383. The van der Waals surface area contributed by atoms with E-state index in [0.717, 1.165) is 0 Å². The van der Waals surface area contributed by atoms with Crippen LogP contribution in [0.2, 0.25) is 0 Å². The van der Waals surface area contributed by atoms with Crippen molar-refractivity contribution in [3.8, 4) is 0 Å². The molecule has 0 atom stereocenters. The number of hydrogen-bond donors (Lipinski definition) is 2. The first-order chi connectivity index (χ1) is 6.27. The number of aliphatic hydroxyl groups is 1. The lowest BCUT2D eigenvalue weighted by Crippen LogP contribution is -2.38. The molecule has 0 fully saturated rings. The van der Waals surface area contributed by atoms with Crippen molar-refractivity contribution in [1.29, 1.82) is 0 Å². The average Bonchev–Trinajstić information content (AvgIpc) is 1.98. The van der Waals surface area contributed by atoms with E-state index < -0.39 is 5.60 Å². The van der Waals surface area contributed by atoms with Gasteiger partial charge in [0, 0.05) is 6.54 Å². The zero-order chi connectivity index (χ0) is 11.2. The molecule has 0 spiro atoms. The molecule has 0 radical (unpaired) electrons. The summed E-state index contributed by atoms with van der Waals surface area (Å²) in [6.07, 6.45) is 1.23. The maximum absolute atomic E-state index is 10.1. The number of carbonyl (C=O) groups is 1. The van der Waals surface area contributed by atoms with Crippen LogP contribution in [0.5, 0.6) is 0 Å². The number of nitrogens with one attached hydrogen (secondary N) is 1. The fourth-order valence-corrected chi connectivity index (χ4v) is 0.916. The molecule has 84 valence electrons. The number of carbonyl (C=O) groups excluding carboxylic acids is 1. The molecule has 0 aromatic heterocycles. The standard InChI is InChI=1S/C10H21NO3/c1-9(2,13)5-6-14-10(3,4)7-11-8-12/h8,13H,5-7H2,1-4H3,(H,11,12). The zero-order valence-electron chi connectivity index (χ0n) is 9.46. The molecule has 0 rings (SSSR count). The van der Waals surface area contributed by atoms with E-state index in [0.29, 0.717) is 26.0 Å². The van der Waals surface area contributed by atoms with Gasteiger partial charge in [-0.25, -0.2) is 0 Å². The third-order valence-electron chi connectivity index (χ3n) is 1.82. The minimum atomic E-state index is -0.700. The summed E-state index contributed by atoms with van der Waals surface area (Å²) < 4.78 is 5.53. The molecule has 0 unspecified atom stereocenters. The Kier molecular flexibility index (Phi) is 5.08. The first kappa shape index (κ1) is 13.4. The summed E-state index contributed by atoms with van der Waals surface area (Å²) in [5.74, 6) is 0. The first-order valence-corrected chi connectivity index (χ1v) is 4.80. The van der Waals surface area contributed by atoms with Gasteiger partial charge < -0.3 is 15.2 Å². The van der Waals surface area contributed by atoms with Crippen molar-refractivity contribution in [2.75, 3.05) is 13.2 Å². The summed E-state index contributed by atoms with van der Waals surface area (Å²) in [5, 5.41) is 12.0. The van der Waals surface area contributed by atoms with Crippen molar-refractivity contribution < 1.29 is 14.6 Å². The van der Waals surface area contributed by atoms with Crippen LogP contribution in [0.15, 0.2) is 0 Å². The monoisotopic (exact) mass is 203 g/mol. The highest BCUT2D eigenvalue weighted by molar-refractivity contribution is 5.45. The fourth-order valence-electron chi connectivity index (χ4n) is 0.916. The molecule has 0 aliphatic rings. The van der Waals surface area contributed by atoms with Crippen molar-refractivity contribution in [3.63, 3.8) is 0 Å². The minimum Gasteiger partial charge on any atom is -0.390 e. The van der Waals surface area contributed by atoms with E-state index in [-0.39, 0.29) is 5.60 Å². The van der Waals surface area contributed by atoms with Crippen molar-refractivity contribution >= 4 is 6.41 Å². The van der Waals surface area contributed by atoms with Gasteiger partial charge in [0.25, 0.3) is 0 Å². The molecule has 0 aliphatic heterocycles. The van der Waals surface area contributed by atoms with Crippen molar-refractivity contribution in [2.24, 2.45) is 0 Å². The second-order valence-corrected chi connectivity index (χ2v) is 4.67. The Balaban J connectivity index is 3.70. The molecule has 14 heavy (non-hydrogen) atoms. The molecule has 4 heteroatoms. The molecule has 0 aromatic rings. The summed E-state index contributed by atoms with van der Waals surface area (Å²) in [6, 6.07) is 0. The maximum atomic E-state index is 10.1. The van der Waals surface area contributed by atoms with E-state index in [9.17, 15) is 9.90 Å². The van der Waals surface area contributed by atoms with Crippen LogP contribution in [-0.4, -0.2) is 35.9 Å². The molecule has 2 N–H and O–H groups in total. The van der Waals surface area contributed by atoms with Gasteiger partial charge in [-0.3, -0.25) is 4.79 Å². The molecular formula is C10H21NO3. The van der Waals surface area contributed by atoms with Gasteiger partial charge in [0.05, 0.1) is 17.8 Å². The summed E-state index contributed by atoms with van der Waals surface area (Å²) >= 11 is 0. The lowest BCUT2D eigenvalue weighted by atomic mass is 10.1. The quantitative estimate of drug-likeness (QED) is 0.598. The second-order valence-electron chi connectivity index (χ2n) is 4.67. The van der Waals surface area contributed by atoms with Gasteiger partial charge in [-0.1, -0.05) is 0 Å². The molecule has 0 bridgehead atoms. The number of amides is 1.